The van der Waals surface area contributed by atoms with Gasteiger partial charge in [-0.15, -0.1) is 0 Å². The van der Waals surface area contributed by atoms with E-state index in [1.807, 2.05) is 0 Å². The number of rotatable bonds is 12. The van der Waals surface area contributed by atoms with E-state index in [0.29, 0.717) is 22.3 Å². The zero-order valence-corrected chi connectivity index (χ0v) is 28.6. The molecule has 0 heterocycles. The van der Waals surface area contributed by atoms with Crippen LogP contribution in [0.5, 0.6) is 23.0 Å². The number of benzene rings is 4. The largest absolute Gasteiger partial charge is 0.423 e. The van der Waals surface area contributed by atoms with E-state index in [1.165, 1.54) is 64.1 Å². The molecule has 8 nitrogen and oxygen atoms in total. The lowest BCUT2D eigenvalue weighted by Gasteiger charge is -2.12. The molecule has 0 unspecified atom stereocenters. The summed E-state index contributed by atoms with van der Waals surface area (Å²) in [5.74, 6) is -2.55. The summed E-state index contributed by atoms with van der Waals surface area (Å²) in [6, 6.07) is 21.1. The smallest absolute Gasteiger partial charge is 0.338 e. The Kier molecular flexibility index (Phi) is 11.8. The van der Waals surface area contributed by atoms with Gasteiger partial charge in [0.25, 0.3) is 0 Å². The number of esters is 4. The van der Waals surface area contributed by atoms with Crippen LogP contribution in [-0.2, 0) is 19.2 Å². The van der Waals surface area contributed by atoms with E-state index in [-0.39, 0.29) is 50.9 Å². The summed E-state index contributed by atoms with van der Waals surface area (Å²) < 4.78 is 36.8. The summed E-state index contributed by atoms with van der Waals surface area (Å²) >= 11 is 0. The van der Waals surface area contributed by atoms with Gasteiger partial charge in [0.2, 0.25) is 0 Å². The molecular weight excluding hydrogens is 651 g/mol. The average Bonchev–Trinajstić information content (AvgIpc) is 3.07. The van der Waals surface area contributed by atoms with Gasteiger partial charge in [-0.3, -0.25) is 0 Å². The third-order valence-electron chi connectivity index (χ3n) is 7.03. The van der Waals surface area contributed by atoms with Crippen LogP contribution in [0.3, 0.4) is 0 Å². The van der Waals surface area contributed by atoms with Crippen LogP contribution < -0.4 is 18.9 Å². The summed E-state index contributed by atoms with van der Waals surface area (Å²) in [6.07, 6.45) is 3.13. The first-order valence-corrected chi connectivity index (χ1v) is 15.5. The predicted molar refractivity (Wildman–Crippen MR) is 194 cm³/mol. The first-order chi connectivity index (χ1) is 24.1. The first-order valence-electron chi connectivity index (χ1n) is 15.5. The van der Waals surface area contributed by atoms with Crippen LogP contribution in [-0.4, -0.2) is 23.9 Å². The number of halogens is 1. The predicted octanol–water partition coefficient (Wildman–Crippen LogP) is 9.26. The third kappa shape index (κ3) is 10.2. The maximum Gasteiger partial charge on any atom is 0.338 e. The fraction of sp³-hybridized carbons (Fsp3) is 0.0952. The lowest BCUT2D eigenvalue weighted by Crippen LogP contribution is -2.10. The van der Waals surface area contributed by atoms with Gasteiger partial charge in [0.1, 0.15) is 28.8 Å². The SMILES string of the molecule is C=C(C)C(=O)Oc1cc(C=Cc2ccc(-c3ccc(-c4cc(OC(=O)C(=C)C)cc(OC(=O)C(=C)C)c4)cc3)cc2F)cc(OC(=O)C(=C)C)c1. The lowest BCUT2D eigenvalue weighted by molar-refractivity contribution is -0.131. The van der Waals surface area contributed by atoms with E-state index in [2.05, 4.69) is 26.3 Å². The van der Waals surface area contributed by atoms with Crippen molar-refractivity contribution >= 4 is 36.0 Å². The molecule has 4 rings (SSSR count). The molecule has 0 aliphatic rings. The van der Waals surface area contributed by atoms with Crippen LogP contribution >= 0.6 is 0 Å². The molecule has 0 fully saturated rings. The molecule has 0 aliphatic heterocycles. The van der Waals surface area contributed by atoms with Crippen LogP contribution in [0.25, 0.3) is 34.4 Å². The highest BCUT2D eigenvalue weighted by atomic mass is 19.1. The first kappa shape index (κ1) is 37.2. The summed E-state index contributed by atoms with van der Waals surface area (Å²) in [7, 11) is 0. The van der Waals surface area contributed by atoms with Crippen LogP contribution in [0.2, 0.25) is 0 Å². The highest BCUT2D eigenvalue weighted by Gasteiger charge is 2.15. The van der Waals surface area contributed by atoms with Gasteiger partial charge < -0.3 is 18.9 Å². The van der Waals surface area contributed by atoms with E-state index in [0.717, 1.165) is 5.56 Å². The highest BCUT2D eigenvalue weighted by Crippen LogP contribution is 2.33. The fourth-order valence-corrected chi connectivity index (χ4v) is 4.32. The van der Waals surface area contributed by atoms with Crippen molar-refractivity contribution in [3.05, 3.63) is 144 Å². The molecule has 4 aromatic rings. The molecule has 0 amide bonds. The number of carbonyl (C=O) groups excluding carboxylic acids is 4. The van der Waals surface area contributed by atoms with Crippen molar-refractivity contribution in [3.8, 4) is 45.3 Å². The second-order valence-corrected chi connectivity index (χ2v) is 11.8. The Labute approximate surface area is 295 Å². The summed E-state index contributed by atoms with van der Waals surface area (Å²) in [6.45, 7) is 20.4. The van der Waals surface area contributed by atoms with Gasteiger partial charge >= 0.3 is 23.9 Å². The molecule has 258 valence electrons. The maximum absolute atomic E-state index is 15.4. The van der Waals surface area contributed by atoms with E-state index >= 15 is 4.39 Å². The van der Waals surface area contributed by atoms with E-state index in [1.54, 1.807) is 54.6 Å². The molecule has 4 aromatic carbocycles. The van der Waals surface area contributed by atoms with E-state index < -0.39 is 29.7 Å². The summed E-state index contributed by atoms with van der Waals surface area (Å²) in [5.41, 5.74) is 4.15. The fourth-order valence-electron chi connectivity index (χ4n) is 4.32. The zero-order chi connectivity index (χ0) is 37.4. The lowest BCUT2D eigenvalue weighted by atomic mass is 9.99. The minimum absolute atomic E-state index is 0.109. The van der Waals surface area contributed by atoms with Gasteiger partial charge in [0, 0.05) is 40.0 Å². The quantitative estimate of drug-likeness (QED) is 0.0629. The van der Waals surface area contributed by atoms with Crippen LogP contribution in [0.1, 0.15) is 38.8 Å². The molecule has 0 bridgehead atoms. The Morgan fingerprint density at radius 2 is 0.824 bits per heavy atom. The average molecular weight is 687 g/mol. The second kappa shape index (κ2) is 16.2. The minimum atomic E-state index is -0.658. The van der Waals surface area contributed by atoms with Gasteiger partial charge in [-0.25, -0.2) is 23.6 Å². The second-order valence-electron chi connectivity index (χ2n) is 11.8. The van der Waals surface area contributed by atoms with Gasteiger partial charge in [-0.05, 0) is 85.8 Å². The van der Waals surface area contributed by atoms with Crippen LogP contribution in [0, 0.1) is 5.82 Å². The van der Waals surface area contributed by atoms with Gasteiger partial charge in [-0.2, -0.15) is 0 Å². The van der Waals surface area contributed by atoms with Crippen molar-refractivity contribution in [2.45, 2.75) is 27.7 Å². The van der Waals surface area contributed by atoms with Crippen molar-refractivity contribution in [2.75, 3.05) is 0 Å². The molecule has 51 heavy (non-hydrogen) atoms. The zero-order valence-electron chi connectivity index (χ0n) is 28.6. The highest BCUT2D eigenvalue weighted by molar-refractivity contribution is 5.91. The normalized spacial score (nSPS) is 10.6. The third-order valence-corrected chi connectivity index (χ3v) is 7.03. The Morgan fingerprint density at radius 3 is 1.20 bits per heavy atom. The molecule has 0 radical (unpaired) electrons. The van der Waals surface area contributed by atoms with Gasteiger partial charge in [-0.1, -0.05) is 74.9 Å². The minimum Gasteiger partial charge on any atom is -0.423 e. The van der Waals surface area contributed by atoms with Gasteiger partial charge in [0.15, 0.2) is 0 Å². The molecule has 0 atom stereocenters. The topological polar surface area (TPSA) is 105 Å². The van der Waals surface area contributed by atoms with E-state index in [4.69, 9.17) is 18.9 Å². The molecule has 0 spiro atoms. The molecule has 0 saturated carbocycles. The molecular formula is C42H35FO8. The number of hydrogen-bond donors (Lipinski definition) is 0. The Hall–Kier alpha value is -6.61. The van der Waals surface area contributed by atoms with E-state index in [9.17, 15) is 19.2 Å². The Morgan fingerprint density at radius 1 is 0.471 bits per heavy atom. The molecule has 0 N–H and O–H groups in total. The Bertz CT molecular complexity index is 2040. The van der Waals surface area contributed by atoms with Crippen molar-refractivity contribution in [2.24, 2.45) is 0 Å². The number of ether oxygens (including phenoxy) is 4. The molecule has 0 saturated heterocycles. The Balaban J connectivity index is 1.59. The van der Waals surface area contributed by atoms with Crippen molar-refractivity contribution in [1.82, 2.24) is 0 Å². The molecule has 0 aliphatic carbocycles. The molecule has 0 aromatic heterocycles. The van der Waals surface area contributed by atoms with Crippen LogP contribution in [0.4, 0.5) is 4.39 Å². The van der Waals surface area contributed by atoms with Crippen LogP contribution in [0.15, 0.2) is 127 Å². The standard InChI is InChI=1S/C42H35FO8/c1-24(2)39(44)48-34-17-28(18-35(22-34)49-40(45)25(3)4)9-10-31-15-16-32(21-38(31)43)29-11-13-30(14-12-29)33-19-36(50-41(46)26(5)6)23-37(20-33)51-42(47)27(7)8/h9-23H,1,3,5,7H2,2,4,6,8H3. The van der Waals surface area contributed by atoms with Crippen molar-refractivity contribution in [3.63, 3.8) is 0 Å². The van der Waals surface area contributed by atoms with Crippen molar-refractivity contribution < 1.29 is 42.5 Å². The monoisotopic (exact) mass is 686 g/mol. The molecule has 9 heteroatoms. The number of carbonyl (C=O) groups is 4. The van der Waals surface area contributed by atoms with Crippen molar-refractivity contribution in [1.29, 1.82) is 0 Å². The maximum atomic E-state index is 15.4. The summed E-state index contributed by atoms with van der Waals surface area (Å²) in [5, 5.41) is 0. The number of hydrogen-bond acceptors (Lipinski definition) is 8. The van der Waals surface area contributed by atoms with Gasteiger partial charge in [0.05, 0.1) is 0 Å². The summed E-state index contributed by atoms with van der Waals surface area (Å²) in [4.78, 5) is 48.6.